The lowest BCUT2D eigenvalue weighted by atomic mass is 10.1. The lowest BCUT2D eigenvalue weighted by molar-refractivity contribution is 0.414. The maximum Gasteiger partial charge on any atom is 0.118 e. The predicted molar refractivity (Wildman–Crippen MR) is 106 cm³/mol. The number of nitrogens with zero attached hydrogens (tertiary/aromatic N) is 2. The van der Waals surface area contributed by atoms with E-state index in [1.807, 2.05) is 72.8 Å². The molecule has 0 unspecified atom stereocenters. The third kappa shape index (κ3) is 4.57. The Kier molecular flexibility index (Phi) is 5.78. The first kappa shape index (κ1) is 17.4. The lowest BCUT2D eigenvalue weighted by Crippen LogP contribution is -1.89. The molecule has 0 amide bonds. The zero-order valence-corrected chi connectivity index (χ0v) is 14.8. The Labute approximate surface area is 153 Å². The molecule has 1 heterocycles. The number of aromatic nitrogens is 2. The molecule has 0 spiro atoms. The fourth-order valence-corrected chi connectivity index (χ4v) is 2.40. The first-order chi connectivity index (χ1) is 12.8. The Hall–Kier alpha value is -3.40. The number of hydrogen-bond acceptors (Lipinski definition) is 4. The van der Waals surface area contributed by atoms with E-state index < -0.39 is 0 Å². The zero-order chi connectivity index (χ0) is 18.2. The summed E-state index contributed by atoms with van der Waals surface area (Å²) in [4.78, 5) is 8.84. The van der Waals surface area contributed by atoms with Crippen molar-refractivity contribution in [2.75, 3.05) is 14.2 Å². The van der Waals surface area contributed by atoms with Gasteiger partial charge >= 0.3 is 0 Å². The third-order valence-corrected chi connectivity index (χ3v) is 3.86. The lowest BCUT2D eigenvalue weighted by Gasteiger charge is -2.01. The molecule has 0 bridgehead atoms. The van der Waals surface area contributed by atoms with E-state index in [0.717, 1.165) is 34.0 Å². The van der Waals surface area contributed by atoms with Crippen LogP contribution in [0.2, 0.25) is 0 Å². The second kappa shape index (κ2) is 8.62. The molecule has 4 heteroatoms. The van der Waals surface area contributed by atoms with Crippen LogP contribution in [0.3, 0.4) is 0 Å². The molecular formula is C22H20N2O2. The molecule has 0 fully saturated rings. The monoisotopic (exact) mass is 344 g/mol. The maximum atomic E-state index is 5.18. The highest BCUT2D eigenvalue weighted by Crippen LogP contribution is 2.16. The van der Waals surface area contributed by atoms with Crippen molar-refractivity contribution < 1.29 is 9.47 Å². The Morgan fingerprint density at radius 1 is 0.577 bits per heavy atom. The van der Waals surface area contributed by atoms with E-state index in [-0.39, 0.29) is 0 Å². The quantitative estimate of drug-likeness (QED) is 0.642. The van der Waals surface area contributed by atoms with Crippen LogP contribution in [-0.2, 0) is 0 Å². The number of methoxy groups -OCH3 is 2. The van der Waals surface area contributed by atoms with Crippen molar-refractivity contribution >= 4 is 24.3 Å². The summed E-state index contributed by atoms with van der Waals surface area (Å²) in [6.45, 7) is 0. The van der Waals surface area contributed by atoms with Crippen molar-refractivity contribution in [2.24, 2.45) is 0 Å². The van der Waals surface area contributed by atoms with Crippen LogP contribution in [0.1, 0.15) is 22.5 Å². The fraction of sp³-hybridized carbons (Fsp3) is 0.0909. The van der Waals surface area contributed by atoms with Crippen LogP contribution in [-0.4, -0.2) is 24.2 Å². The summed E-state index contributed by atoms with van der Waals surface area (Å²) in [5.74, 6) is 1.68. The van der Waals surface area contributed by atoms with Crippen LogP contribution in [0, 0.1) is 0 Å². The minimum atomic E-state index is 0.813. The van der Waals surface area contributed by atoms with Gasteiger partial charge < -0.3 is 9.47 Å². The van der Waals surface area contributed by atoms with Crippen LogP contribution < -0.4 is 9.47 Å². The Bertz CT molecular complexity index is 822. The first-order valence-electron chi connectivity index (χ1n) is 8.24. The molecule has 3 rings (SSSR count). The van der Waals surface area contributed by atoms with Gasteiger partial charge in [0.25, 0.3) is 0 Å². The van der Waals surface area contributed by atoms with Crippen molar-refractivity contribution in [3.05, 3.63) is 83.4 Å². The second-order valence-electron chi connectivity index (χ2n) is 5.54. The van der Waals surface area contributed by atoms with Gasteiger partial charge in [-0.25, -0.2) is 0 Å². The number of benzene rings is 2. The minimum Gasteiger partial charge on any atom is -0.497 e. The topological polar surface area (TPSA) is 44.2 Å². The van der Waals surface area contributed by atoms with Gasteiger partial charge in [0.05, 0.1) is 25.6 Å². The SMILES string of the molecule is COc1ccc(C=Cc2nccnc2C=Cc2ccc(OC)cc2)cc1. The van der Waals surface area contributed by atoms with Crippen LogP contribution >= 0.6 is 0 Å². The van der Waals surface area contributed by atoms with E-state index in [1.54, 1.807) is 26.6 Å². The molecule has 2 aromatic carbocycles. The normalized spacial score (nSPS) is 11.2. The van der Waals surface area contributed by atoms with Gasteiger partial charge in [0.15, 0.2) is 0 Å². The molecule has 0 aliphatic carbocycles. The fourth-order valence-electron chi connectivity index (χ4n) is 2.40. The van der Waals surface area contributed by atoms with Gasteiger partial charge in [0.2, 0.25) is 0 Å². The average molecular weight is 344 g/mol. The standard InChI is InChI=1S/C22H20N2O2/c1-25-19-9-3-17(4-10-19)7-13-21-22(24-16-15-23-21)14-8-18-5-11-20(26-2)12-6-18/h3-16H,1-2H3. The molecular weight excluding hydrogens is 324 g/mol. The molecule has 0 atom stereocenters. The molecule has 0 saturated heterocycles. The summed E-state index contributed by atoms with van der Waals surface area (Å²) in [6, 6.07) is 15.7. The molecule has 4 nitrogen and oxygen atoms in total. The predicted octanol–water partition coefficient (Wildman–Crippen LogP) is 4.83. The van der Waals surface area contributed by atoms with Crippen molar-refractivity contribution in [3.8, 4) is 11.5 Å². The molecule has 0 aliphatic rings. The second-order valence-corrected chi connectivity index (χ2v) is 5.54. The number of ether oxygens (including phenoxy) is 2. The smallest absolute Gasteiger partial charge is 0.118 e. The van der Waals surface area contributed by atoms with E-state index >= 15 is 0 Å². The van der Waals surface area contributed by atoms with Gasteiger partial charge in [0, 0.05) is 12.4 Å². The summed E-state index contributed by atoms with van der Waals surface area (Å²) in [5.41, 5.74) is 3.77. The van der Waals surface area contributed by atoms with Crippen LogP contribution in [0.4, 0.5) is 0 Å². The highest BCUT2D eigenvalue weighted by Gasteiger charge is 1.99. The van der Waals surface area contributed by atoms with Crippen molar-refractivity contribution in [3.63, 3.8) is 0 Å². The average Bonchev–Trinajstić information content (AvgIpc) is 2.72. The molecule has 0 N–H and O–H groups in total. The van der Waals surface area contributed by atoms with Gasteiger partial charge in [-0.1, -0.05) is 36.4 Å². The molecule has 0 saturated carbocycles. The number of rotatable bonds is 6. The summed E-state index contributed by atoms with van der Waals surface area (Å²) >= 11 is 0. The molecule has 0 aliphatic heterocycles. The van der Waals surface area contributed by atoms with Gasteiger partial charge in [-0.3, -0.25) is 9.97 Å². The highest BCUT2D eigenvalue weighted by molar-refractivity contribution is 5.76. The Morgan fingerprint density at radius 3 is 1.31 bits per heavy atom. The maximum absolute atomic E-state index is 5.18. The highest BCUT2D eigenvalue weighted by atomic mass is 16.5. The van der Waals surface area contributed by atoms with Crippen molar-refractivity contribution in [1.29, 1.82) is 0 Å². The summed E-state index contributed by atoms with van der Waals surface area (Å²) in [6.07, 6.45) is 11.3. The van der Waals surface area contributed by atoms with Gasteiger partial charge in [-0.15, -0.1) is 0 Å². The first-order valence-corrected chi connectivity index (χ1v) is 8.24. The van der Waals surface area contributed by atoms with E-state index in [0.29, 0.717) is 0 Å². The minimum absolute atomic E-state index is 0.813. The van der Waals surface area contributed by atoms with E-state index in [1.165, 1.54) is 0 Å². The zero-order valence-electron chi connectivity index (χ0n) is 14.8. The van der Waals surface area contributed by atoms with Crippen LogP contribution in [0.15, 0.2) is 60.9 Å². The molecule has 3 aromatic rings. The summed E-state index contributed by atoms with van der Waals surface area (Å²) in [5, 5.41) is 0. The molecule has 130 valence electrons. The van der Waals surface area contributed by atoms with Crippen LogP contribution in [0.25, 0.3) is 24.3 Å². The molecule has 0 radical (unpaired) electrons. The van der Waals surface area contributed by atoms with Gasteiger partial charge in [-0.05, 0) is 47.5 Å². The van der Waals surface area contributed by atoms with Crippen LogP contribution in [0.5, 0.6) is 11.5 Å². The van der Waals surface area contributed by atoms with E-state index in [2.05, 4.69) is 9.97 Å². The Balaban J connectivity index is 1.78. The largest absolute Gasteiger partial charge is 0.497 e. The Morgan fingerprint density at radius 2 is 0.962 bits per heavy atom. The van der Waals surface area contributed by atoms with Crippen molar-refractivity contribution in [2.45, 2.75) is 0 Å². The molecule has 1 aromatic heterocycles. The van der Waals surface area contributed by atoms with Gasteiger partial charge in [-0.2, -0.15) is 0 Å². The molecule has 26 heavy (non-hydrogen) atoms. The van der Waals surface area contributed by atoms with Crippen molar-refractivity contribution in [1.82, 2.24) is 9.97 Å². The summed E-state index contributed by atoms with van der Waals surface area (Å²) in [7, 11) is 3.32. The van der Waals surface area contributed by atoms with E-state index in [9.17, 15) is 0 Å². The van der Waals surface area contributed by atoms with Gasteiger partial charge in [0.1, 0.15) is 11.5 Å². The summed E-state index contributed by atoms with van der Waals surface area (Å²) < 4.78 is 10.4. The third-order valence-electron chi connectivity index (χ3n) is 3.86. The van der Waals surface area contributed by atoms with E-state index in [4.69, 9.17) is 9.47 Å². The number of hydrogen-bond donors (Lipinski definition) is 0.